The molecule has 4 heterocycles. The molecular weight excluding hydrogens is 721 g/mol. The average Bonchev–Trinajstić information content (AvgIpc) is 2.70. The summed E-state index contributed by atoms with van der Waals surface area (Å²) in [6, 6.07) is 0.140. The lowest BCUT2D eigenvalue weighted by Gasteiger charge is -2.54. The summed E-state index contributed by atoms with van der Waals surface area (Å²) in [5, 5.41) is 0. The van der Waals surface area contributed by atoms with Gasteiger partial charge in [-0.05, 0) is 26.9 Å². The van der Waals surface area contributed by atoms with Crippen LogP contribution in [-0.2, 0) is 59.8 Å². The van der Waals surface area contributed by atoms with Crippen molar-refractivity contribution in [3.63, 3.8) is 0 Å². The summed E-state index contributed by atoms with van der Waals surface area (Å²) in [6.45, 7) is 16.1. The second-order valence-corrected chi connectivity index (χ2v) is 34.9. The maximum absolute atomic E-state index is 12.4. The van der Waals surface area contributed by atoms with Crippen molar-refractivity contribution in [2.45, 2.75) is 70.0 Å². The van der Waals surface area contributed by atoms with Crippen LogP contribution in [-0.4, -0.2) is 109 Å². The van der Waals surface area contributed by atoms with Crippen LogP contribution in [0.3, 0.4) is 0 Å². The number of halogens is 1. The van der Waals surface area contributed by atoms with Crippen LogP contribution in [0.15, 0.2) is 0 Å². The van der Waals surface area contributed by atoms with Gasteiger partial charge >= 0.3 is 68.1 Å². The number of hydrogen-bond acceptors (Lipinski definition) is 14. The van der Waals surface area contributed by atoms with Crippen molar-refractivity contribution in [2.75, 3.05) is 27.1 Å². The Hall–Kier alpha value is 1.21. The fourth-order valence-corrected chi connectivity index (χ4v) is 44.3. The van der Waals surface area contributed by atoms with Crippen LogP contribution in [0.25, 0.3) is 0 Å². The highest BCUT2D eigenvalue weighted by molar-refractivity contribution is 9.10. The van der Waals surface area contributed by atoms with Crippen molar-refractivity contribution in [3.05, 3.63) is 0 Å². The zero-order valence-electron chi connectivity index (χ0n) is 24.4. The van der Waals surface area contributed by atoms with Crippen LogP contribution in [0.1, 0.15) is 13.8 Å². The summed E-state index contributed by atoms with van der Waals surface area (Å²) in [7, 11) is -22.2. The molecule has 0 aromatic carbocycles. The first-order valence-electron chi connectivity index (χ1n) is 12.5. The quantitative estimate of drug-likeness (QED) is 0.234. The molecule has 39 heavy (non-hydrogen) atoms. The topological polar surface area (TPSA) is 137 Å². The Labute approximate surface area is 249 Å². The molecule has 228 valence electrons. The minimum Gasteiger partial charge on any atom is -0.465 e. The molecule has 0 N–H and O–H groups in total. The summed E-state index contributed by atoms with van der Waals surface area (Å²) in [5.41, 5.74) is 0. The number of ether oxygens (including phenoxy) is 2. The van der Waals surface area contributed by atoms with Crippen molar-refractivity contribution in [1.82, 2.24) is 0 Å². The minimum absolute atomic E-state index is 0.00813. The van der Waals surface area contributed by atoms with Gasteiger partial charge in [0.05, 0.1) is 18.9 Å². The van der Waals surface area contributed by atoms with E-state index in [2.05, 4.69) is 20.7 Å². The van der Waals surface area contributed by atoms with E-state index in [-0.39, 0.29) is 12.7 Å². The summed E-state index contributed by atoms with van der Waals surface area (Å²) < 4.78 is 80.7. The molecule has 0 aromatic rings. The summed E-state index contributed by atoms with van der Waals surface area (Å²) in [4.78, 5) is 12.4. The Bertz CT molecular complexity index is 909. The van der Waals surface area contributed by atoms with E-state index in [1.807, 2.05) is 19.6 Å². The summed E-state index contributed by atoms with van der Waals surface area (Å²) >= 11 is 3.33. The third-order valence-electron chi connectivity index (χ3n) is 5.38. The molecule has 4 aliphatic rings. The number of rotatable bonds is 4. The van der Waals surface area contributed by atoms with Gasteiger partial charge < -0.3 is 55.1 Å². The lowest BCUT2D eigenvalue weighted by Crippen LogP contribution is -2.78. The molecule has 8 atom stereocenters. The van der Waals surface area contributed by atoms with Crippen molar-refractivity contribution < 1.29 is 59.8 Å². The monoisotopic (exact) mass is 760 g/mol. The Balaban J connectivity index is 0.00000134. The third-order valence-corrected chi connectivity index (χ3v) is 37.6. The van der Waals surface area contributed by atoms with Gasteiger partial charge in [-0.3, -0.25) is 4.79 Å². The number of hydrogen-bond donors (Lipinski definition) is 0. The summed E-state index contributed by atoms with van der Waals surface area (Å²) in [6.07, 6.45) is 0.307. The minimum atomic E-state index is -3.70. The van der Waals surface area contributed by atoms with E-state index >= 15 is 0 Å². The van der Waals surface area contributed by atoms with Gasteiger partial charge in [-0.1, -0.05) is 15.9 Å². The molecule has 4 saturated heterocycles. The lowest BCUT2D eigenvalue weighted by molar-refractivity contribution is -0.145. The van der Waals surface area contributed by atoms with E-state index in [9.17, 15) is 4.79 Å². The van der Waals surface area contributed by atoms with Gasteiger partial charge in [0.1, 0.15) is 4.32 Å². The number of carbonyl (C=O) groups is 1. The molecule has 8 unspecified atom stereocenters. The Kier molecular flexibility index (Phi) is 10.9. The van der Waals surface area contributed by atoms with Gasteiger partial charge in [-0.25, -0.2) is 0 Å². The van der Waals surface area contributed by atoms with Crippen molar-refractivity contribution in [2.24, 2.45) is 0 Å². The largest absolute Gasteiger partial charge is 0.482 e. The highest BCUT2D eigenvalue weighted by atomic mass is 79.9. The SMILES string of the molecule is COC.C[SiH]1CO[Si]2(C)O[Si]3(C)O[Si](C)(O1)O[Si]1(C)O[SiH](C)O[Si](CCOC(=O)C(C)(C)Br)(O2)O[Si](C)(O1)O3. The molecule has 0 radical (unpaired) electrons. The van der Waals surface area contributed by atoms with Crippen molar-refractivity contribution in [1.29, 1.82) is 0 Å². The molecule has 0 spiro atoms. The Morgan fingerprint density at radius 3 is 1.85 bits per heavy atom. The highest BCUT2D eigenvalue weighted by Crippen LogP contribution is 2.42. The maximum atomic E-state index is 12.4. The zero-order valence-corrected chi connectivity index (χ0v) is 34.3. The second kappa shape index (κ2) is 12.3. The standard InChI is InChI=1S/C14H35BrO13Si8.C2H6O/c1-14(2,15)13(16)17-10-11-36-21-30(4)20-33(7)23-32(6)19-29(3)12-18-31(5,27-36)22-34(8,24-32)26-35(9,25-33)28-36;1-3-2/h29-30H,10-12H2,1-9H3;1-2H3. The van der Waals surface area contributed by atoms with Crippen molar-refractivity contribution >= 4 is 93.0 Å². The van der Waals surface area contributed by atoms with Crippen LogP contribution in [0.5, 0.6) is 0 Å². The van der Waals surface area contributed by atoms with Gasteiger partial charge in [-0.15, -0.1) is 0 Å². The number of fused-ring (bicyclic) bond motifs is 4. The van der Waals surface area contributed by atoms with Gasteiger partial charge in [0, 0.05) is 47.0 Å². The molecular formula is C16H41BrO14Si8. The molecule has 14 nitrogen and oxygen atoms in total. The van der Waals surface area contributed by atoms with Gasteiger partial charge in [0.15, 0.2) is 9.04 Å². The van der Waals surface area contributed by atoms with E-state index in [4.69, 9.17) is 50.3 Å². The second-order valence-electron chi connectivity index (χ2n) is 10.5. The van der Waals surface area contributed by atoms with E-state index in [0.717, 1.165) is 0 Å². The fourth-order valence-electron chi connectivity index (χ4n) is 4.51. The molecule has 6 bridgehead atoms. The molecule has 4 aliphatic heterocycles. The molecule has 0 aromatic heterocycles. The molecule has 4 fully saturated rings. The molecule has 4 rings (SSSR count). The first-order valence-corrected chi connectivity index (χ1v) is 30.9. The number of esters is 1. The molecule has 0 amide bonds. The molecule has 0 saturated carbocycles. The zero-order chi connectivity index (χ0) is 29.5. The fraction of sp³-hybridized carbons (Fsp3) is 0.938. The predicted molar refractivity (Wildman–Crippen MR) is 158 cm³/mol. The number of methoxy groups -OCH3 is 1. The van der Waals surface area contributed by atoms with E-state index in [1.54, 1.807) is 54.3 Å². The number of alkyl halides is 1. The van der Waals surface area contributed by atoms with Crippen LogP contribution >= 0.6 is 15.9 Å². The van der Waals surface area contributed by atoms with E-state index in [1.165, 1.54) is 0 Å². The van der Waals surface area contributed by atoms with Crippen LogP contribution in [0.4, 0.5) is 0 Å². The maximum Gasteiger partial charge on any atom is 0.482 e. The van der Waals surface area contributed by atoms with E-state index < -0.39 is 81.4 Å². The lowest BCUT2D eigenvalue weighted by atomic mass is 10.2. The molecule has 0 aliphatic carbocycles. The average molecular weight is 762 g/mol. The highest BCUT2D eigenvalue weighted by Gasteiger charge is 2.71. The first kappa shape index (κ1) is 34.7. The van der Waals surface area contributed by atoms with E-state index in [0.29, 0.717) is 6.23 Å². The van der Waals surface area contributed by atoms with Crippen molar-refractivity contribution in [3.8, 4) is 0 Å². The number of carbonyl (C=O) groups excluding carboxylic acids is 1. The molecule has 23 heteroatoms. The van der Waals surface area contributed by atoms with Crippen LogP contribution in [0.2, 0.25) is 51.9 Å². The van der Waals surface area contributed by atoms with Gasteiger partial charge in [-0.2, -0.15) is 0 Å². The van der Waals surface area contributed by atoms with Gasteiger partial charge in [0.2, 0.25) is 0 Å². The smallest absolute Gasteiger partial charge is 0.465 e. The van der Waals surface area contributed by atoms with Crippen LogP contribution < -0.4 is 0 Å². The Morgan fingerprint density at radius 2 is 1.26 bits per heavy atom. The third kappa shape index (κ3) is 9.10. The normalized spacial score (nSPS) is 46.3. The summed E-state index contributed by atoms with van der Waals surface area (Å²) in [5.74, 6) is -0.422. The van der Waals surface area contributed by atoms with Crippen LogP contribution in [0, 0.1) is 0 Å². The first-order chi connectivity index (χ1) is 17.7. The predicted octanol–water partition coefficient (Wildman–Crippen LogP) is 1.73. The Morgan fingerprint density at radius 1 is 0.795 bits per heavy atom. The van der Waals surface area contributed by atoms with Gasteiger partial charge in [0.25, 0.3) is 0 Å².